The topological polar surface area (TPSA) is 108 Å². The van der Waals surface area contributed by atoms with Gasteiger partial charge in [0.1, 0.15) is 5.75 Å². The van der Waals surface area contributed by atoms with Crippen molar-refractivity contribution in [2.45, 2.75) is 30.2 Å². The van der Waals surface area contributed by atoms with Crippen molar-refractivity contribution in [3.8, 4) is 5.75 Å². The second-order valence-electron chi connectivity index (χ2n) is 7.39. The lowest BCUT2D eigenvalue weighted by atomic mass is 10.0. The number of ether oxygens (including phenoxy) is 1. The maximum absolute atomic E-state index is 12.9. The number of rotatable bonds is 8. The average molecular weight is 532 g/mol. The number of thiocarbonyl (C=S) groups is 1. The highest BCUT2D eigenvalue weighted by Crippen LogP contribution is 2.31. The number of anilines is 1. The largest absolute Gasteiger partial charge is 0.495 e. The summed E-state index contributed by atoms with van der Waals surface area (Å²) in [7, 11) is -2.20. The molecular weight excluding hydrogens is 509 g/mol. The van der Waals surface area contributed by atoms with E-state index in [1.54, 1.807) is 18.2 Å². The first-order valence-electron chi connectivity index (χ1n) is 10.0. The summed E-state index contributed by atoms with van der Waals surface area (Å²) in [6, 6.07) is 8.45. The van der Waals surface area contributed by atoms with E-state index in [2.05, 4.69) is 10.6 Å². The Kier molecular flexibility index (Phi) is 8.41. The number of carboxylic acid groups (broad SMARTS) is 1. The van der Waals surface area contributed by atoms with Gasteiger partial charge < -0.3 is 20.5 Å². The summed E-state index contributed by atoms with van der Waals surface area (Å²) >= 11 is 17.6. The van der Waals surface area contributed by atoms with E-state index in [1.165, 1.54) is 29.6 Å². The Bertz CT molecular complexity index is 1150. The molecule has 0 aliphatic carbocycles. The zero-order valence-corrected chi connectivity index (χ0v) is 20.8. The second kappa shape index (κ2) is 10.9. The van der Waals surface area contributed by atoms with Crippen LogP contribution in [0.15, 0.2) is 41.3 Å². The molecule has 33 heavy (non-hydrogen) atoms. The summed E-state index contributed by atoms with van der Waals surface area (Å²) < 4.78 is 32.7. The molecule has 1 unspecified atom stereocenters. The van der Waals surface area contributed by atoms with Crippen LogP contribution in [0.1, 0.15) is 30.9 Å². The summed E-state index contributed by atoms with van der Waals surface area (Å²) in [4.78, 5) is 11.5. The maximum Gasteiger partial charge on any atom is 0.305 e. The molecule has 0 spiro atoms. The lowest BCUT2D eigenvalue weighted by molar-refractivity contribution is -0.137. The molecule has 178 valence electrons. The number of halogens is 2. The van der Waals surface area contributed by atoms with Gasteiger partial charge in [0.15, 0.2) is 5.11 Å². The van der Waals surface area contributed by atoms with Crippen LogP contribution in [0, 0.1) is 0 Å². The molecule has 1 aliphatic heterocycles. The minimum absolute atomic E-state index is 0.0706. The van der Waals surface area contributed by atoms with Gasteiger partial charge in [0, 0.05) is 23.1 Å². The third kappa shape index (κ3) is 6.27. The van der Waals surface area contributed by atoms with E-state index < -0.39 is 22.0 Å². The van der Waals surface area contributed by atoms with E-state index in [9.17, 15) is 18.3 Å². The van der Waals surface area contributed by atoms with Crippen LogP contribution in [0.2, 0.25) is 10.0 Å². The summed E-state index contributed by atoms with van der Waals surface area (Å²) in [5.41, 5.74) is 0.830. The summed E-state index contributed by atoms with van der Waals surface area (Å²) in [5, 5.41) is 16.0. The molecule has 0 aromatic heterocycles. The number of nitrogens with zero attached hydrogens (tertiary/aromatic N) is 1. The quantitative estimate of drug-likeness (QED) is 0.433. The Morgan fingerprint density at radius 1 is 1.21 bits per heavy atom. The Labute approximate surface area is 207 Å². The molecular formula is C21H23Cl2N3O5S2. The average Bonchev–Trinajstić information content (AvgIpc) is 3.28. The van der Waals surface area contributed by atoms with Crippen molar-refractivity contribution in [2.75, 3.05) is 25.5 Å². The first-order chi connectivity index (χ1) is 15.6. The normalized spacial score (nSPS) is 15.1. The monoisotopic (exact) mass is 531 g/mol. The number of carbonyl (C=O) groups is 1. The molecule has 1 atom stereocenters. The predicted octanol–water partition coefficient (Wildman–Crippen LogP) is 4.29. The third-order valence-electron chi connectivity index (χ3n) is 5.14. The first kappa shape index (κ1) is 25.5. The van der Waals surface area contributed by atoms with Crippen LogP contribution in [-0.4, -0.2) is 49.1 Å². The van der Waals surface area contributed by atoms with Gasteiger partial charge in [-0.1, -0.05) is 29.3 Å². The van der Waals surface area contributed by atoms with Gasteiger partial charge in [0.25, 0.3) is 0 Å². The number of aliphatic carboxylic acids is 1. The summed E-state index contributed by atoms with van der Waals surface area (Å²) in [6.45, 7) is 0.964. The molecule has 0 radical (unpaired) electrons. The highest BCUT2D eigenvalue weighted by molar-refractivity contribution is 7.89. The predicted molar refractivity (Wildman–Crippen MR) is 132 cm³/mol. The van der Waals surface area contributed by atoms with E-state index >= 15 is 0 Å². The number of carboxylic acids is 1. The fourth-order valence-corrected chi connectivity index (χ4v) is 5.87. The minimum Gasteiger partial charge on any atom is -0.495 e. The second-order valence-corrected chi connectivity index (χ2v) is 10.6. The van der Waals surface area contributed by atoms with Crippen LogP contribution in [0.4, 0.5) is 5.69 Å². The molecule has 1 fully saturated rings. The van der Waals surface area contributed by atoms with Crippen LogP contribution in [0.25, 0.3) is 0 Å². The zero-order chi connectivity index (χ0) is 24.2. The van der Waals surface area contributed by atoms with Crippen molar-refractivity contribution in [2.24, 2.45) is 0 Å². The van der Waals surface area contributed by atoms with E-state index in [1.807, 2.05) is 0 Å². The molecule has 0 saturated carbocycles. The standard InChI is InChI=1S/C21H23Cl2N3O5S2/c1-31-19-7-5-14(33(29,30)26-8-2-3-9-26)11-18(19)25-21(32)24-17(12-20(27)28)15-6-4-13(22)10-16(15)23/h4-7,10-11,17H,2-3,8-9,12H2,1H3,(H,27,28)(H2,24,25,32). The number of hydrogen-bond donors (Lipinski definition) is 3. The number of nitrogens with one attached hydrogen (secondary N) is 2. The van der Waals surface area contributed by atoms with Crippen molar-refractivity contribution >= 4 is 62.2 Å². The van der Waals surface area contributed by atoms with Crippen LogP contribution in [0.5, 0.6) is 5.75 Å². The zero-order valence-electron chi connectivity index (χ0n) is 17.7. The van der Waals surface area contributed by atoms with Gasteiger partial charge >= 0.3 is 5.97 Å². The van der Waals surface area contributed by atoms with Crippen molar-refractivity contribution in [1.29, 1.82) is 0 Å². The molecule has 2 aromatic rings. The molecule has 2 aromatic carbocycles. The molecule has 1 heterocycles. The Morgan fingerprint density at radius 3 is 2.52 bits per heavy atom. The van der Waals surface area contributed by atoms with Gasteiger partial charge in [-0.15, -0.1) is 0 Å². The third-order valence-corrected chi connectivity index (χ3v) is 7.82. The first-order valence-corrected chi connectivity index (χ1v) is 12.6. The Hall–Kier alpha value is -2.11. The molecule has 0 amide bonds. The van der Waals surface area contributed by atoms with E-state index in [0.717, 1.165) is 12.8 Å². The van der Waals surface area contributed by atoms with Gasteiger partial charge in [-0.05, 0) is 61.0 Å². The van der Waals surface area contributed by atoms with Crippen molar-refractivity contribution in [1.82, 2.24) is 9.62 Å². The van der Waals surface area contributed by atoms with Crippen molar-refractivity contribution in [3.05, 3.63) is 52.0 Å². The fourth-order valence-electron chi connectivity index (χ4n) is 3.54. The maximum atomic E-state index is 12.9. The lowest BCUT2D eigenvalue weighted by Gasteiger charge is -2.22. The highest BCUT2D eigenvalue weighted by Gasteiger charge is 2.28. The minimum atomic E-state index is -3.65. The number of sulfonamides is 1. The van der Waals surface area contributed by atoms with Crippen molar-refractivity contribution in [3.63, 3.8) is 0 Å². The Morgan fingerprint density at radius 2 is 1.91 bits per heavy atom. The Balaban J connectivity index is 1.84. The number of methoxy groups -OCH3 is 1. The van der Waals surface area contributed by atoms with Gasteiger partial charge in [0.05, 0.1) is 30.2 Å². The smallest absolute Gasteiger partial charge is 0.305 e. The van der Waals surface area contributed by atoms with E-state index in [-0.39, 0.29) is 16.4 Å². The van der Waals surface area contributed by atoms with E-state index in [4.69, 9.17) is 40.2 Å². The lowest BCUT2D eigenvalue weighted by Crippen LogP contribution is -2.34. The fraction of sp³-hybridized carbons (Fsp3) is 0.333. The van der Waals surface area contributed by atoms with Crippen LogP contribution < -0.4 is 15.4 Å². The number of hydrogen-bond acceptors (Lipinski definition) is 5. The van der Waals surface area contributed by atoms with Gasteiger partial charge in [0.2, 0.25) is 10.0 Å². The van der Waals surface area contributed by atoms with Gasteiger partial charge in [-0.2, -0.15) is 4.31 Å². The molecule has 12 heteroatoms. The molecule has 1 saturated heterocycles. The SMILES string of the molecule is COc1ccc(S(=O)(=O)N2CCCC2)cc1NC(=S)NC(CC(=O)O)c1ccc(Cl)cc1Cl. The van der Waals surface area contributed by atoms with Crippen LogP contribution in [-0.2, 0) is 14.8 Å². The van der Waals surface area contributed by atoms with Gasteiger partial charge in [-0.25, -0.2) is 8.42 Å². The van der Waals surface area contributed by atoms with E-state index in [0.29, 0.717) is 40.1 Å². The molecule has 3 N–H and O–H groups in total. The summed E-state index contributed by atoms with van der Waals surface area (Å²) in [6.07, 6.45) is 1.35. The van der Waals surface area contributed by atoms with Crippen molar-refractivity contribution < 1.29 is 23.1 Å². The van der Waals surface area contributed by atoms with Gasteiger partial charge in [-0.3, -0.25) is 4.79 Å². The van der Waals surface area contributed by atoms with Crippen LogP contribution in [0.3, 0.4) is 0 Å². The van der Waals surface area contributed by atoms with Crippen LogP contribution >= 0.6 is 35.4 Å². The number of benzene rings is 2. The summed E-state index contributed by atoms with van der Waals surface area (Å²) in [5.74, 6) is -0.684. The molecule has 0 bridgehead atoms. The highest BCUT2D eigenvalue weighted by atomic mass is 35.5. The molecule has 3 rings (SSSR count). The molecule has 1 aliphatic rings. The molecule has 8 nitrogen and oxygen atoms in total.